The van der Waals surface area contributed by atoms with Crippen molar-refractivity contribution >= 4 is 17.0 Å². The van der Waals surface area contributed by atoms with E-state index in [9.17, 15) is 9.90 Å². The number of carbonyl (C=O) groups is 1. The lowest BCUT2D eigenvalue weighted by Crippen LogP contribution is -2.21. The molecule has 4 heteroatoms. The van der Waals surface area contributed by atoms with Crippen LogP contribution in [0.15, 0.2) is 24.5 Å². The van der Waals surface area contributed by atoms with E-state index in [1.807, 2.05) is 0 Å². The topological polar surface area (TPSA) is 68.8 Å². The maximum absolute atomic E-state index is 10.5. The van der Waals surface area contributed by atoms with E-state index in [1.54, 1.807) is 18.3 Å². The molecule has 0 atom stereocenters. The molecule has 0 amide bonds. The second-order valence-electron chi connectivity index (χ2n) is 2.39. The van der Waals surface area contributed by atoms with Crippen LogP contribution in [0, 0.1) is 0 Å². The summed E-state index contributed by atoms with van der Waals surface area (Å²) < 4.78 is 0. The monoisotopic (exact) mass is 161 g/mol. The molecule has 0 spiro atoms. The number of carboxylic acids is 1. The van der Waals surface area contributed by atoms with Gasteiger partial charge in [0.05, 0.1) is 5.97 Å². The van der Waals surface area contributed by atoms with Crippen LogP contribution in [0.25, 0.3) is 11.0 Å². The normalized spacial score (nSPS) is 10.3. The first-order chi connectivity index (χ1) is 5.79. The summed E-state index contributed by atoms with van der Waals surface area (Å²) in [6.45, 7) is 0. The van der Waals surface area contributed by atoms with Gasteiger partial charge in [0.1, 0.15) is 5.65 Å². The lowest BCUT2D eigenvalue weighted by Gasteiger charge is -1.96. The molecule has 0 aromatic carbocycles. The first kappa shape index (κ1) is 6.84. The largest absolute Gasteiger partial charge is 0.545 e. The molecule has 0 aliphatic carbocycles. The first-order valence-electron chi connectivity index (χ1n) is 3.42. The van der Waals surface area contributed by atoms with Gasteiger partial charge in [0.15, 0.2) is 0 Å². The molecule has 1 N–H and O–H groups in total. The third-order valence-corrected chi connectivity index (χ3v) is 1.67. The number of nitrogens with zero attached hydrogens (tertiary/aromatic N) is 1. The van der Waals surface area contributed by atoms with Crippen molar-refractivity contribution in [1.82, 2.24) is 9.97 Å². The quantitative estimate of drug-likeness (QED) is 0.636. The van der Waals surface area contributed by atoms with E-state index in [1.165, 1.54) is 6.20 Å². The van der Waals surface area contributed by atoms with Gasteiger partial charge in [0.2, 0.25) is 0 Å². The minimum Gasteiger partial charge on any atom is -0.545 e. The number of carbonyl (C=O) groups excluding carboxylic acids is 1. The fraction of sp³-hybridized carbons (Fsp3) is 0. The molecular weight excluding hydrogens is 156 g/mol. The van der Waals surface area contributed by atoms with Gasteiger partial charge >= 0.3 is 0 Å². The van der Waals surface area contributed by atoms with E-state index in [4.69, 9.17) is 0 Å². The van der Waals surface area contributed by atoms with Gasteiger partial charge in [-0.2, -0.15) is 0 Å². The zero-order valence-corrected chi connectivity index (χ0v) is 6.07. The van der Waals surface area contributed by atoms with Crippen molar-refractivity contribution in [3.05, 3.63) is 30.1 Å². The van der Waals surface area contributed by atoms with E-state index in [0.717, 1.165) is 0 Å². The summed E-state index contributed by atoms with van der Waals surface area (Å²) in [5.41, 5.74) is 0.717. The standard InChI is InChI=1S/C8H6N2O2/c11-8(12)6-4-10-7-5(6)2-1-3-9-7/h1-4H,(H,9,10)(H,11,12)/p-1. The summed E-state index contributed by atoms with van der Waals surface area (Å²) in [6, 6.07) is 3.37. The van der Waals surface area contributed by atoms with Crippen LogP contribution in [0.2, 0.25) is 0 Å². The number of nitrogens with one attached hydrogen (secondary N) is 1. The van der Waals surface area contributed by atoms with Gasteiger partial charge in [-0.15, -0.1) is 0 Å². The van der Waals surface area contributed by atoms with E-state index in [-0.39, 0.29) is 5.56 Å². The number of carboxylic acid groups (broad SMARTS) is 1. The summed E-state index contributed by atoms with van der Waals surface area (Å²) in [7, 11) is 0. The molecule has 0 saturated carbocycles. The second kappa shape index (κ2) is 2.34. The summed E-state index contributed by atoms with van der Waals surface area (Å²) in [4.78, 5) is 17.2. The number of rotatable bonds is 1. The number of aromatic nitrogens is 2. The molecule has 2 aromatic heterocycles. The molecule has 0 aliphatic rings. The highest BCUT2D eigenvalue weighted by Crippen LogP contribution is 2.13. The predicted molar refractivity (Wildman–Crippen MR) is 40.4 cm³/mol. The predicted octanol–water partition coefficient (Wildman–Crippen LogP) is -0.0736. The number of H-pyrrole nitrogens is 1. The molecule has 4 nitrogen and oxygen atoms in total. The Labute approximate surface area is 67.9 Å². The number of hydrogen-bond donors (Lipinski definition) is 1. The van der Waals surface area contributed by atoms with Crippen LogP contribution < -0.4 is 5.11 Å². The summed E-state index contributed by atoms with van der Waals surface area (Å²) in [5, 5.41) is 11.1. The smallest absolute Gasteiger partial charge is 0.137 e. The molecule has 12 heavy (non-hydrogen) atoms. The van der Waals surface area contributed by atoms with Crippen LogP contribution in [-0.2, 0) is 0 Å². The molecule has 2 rings (SSSR count). The Hall–Kier alpha value is -1.84. The van der Waals surface area contributed by atoms with E-state index in [0.29, 0.717) is 11.0 Å². The lowest BCUT2D eigenvalue weighted by molar-refractivity contribution is -0.254. The molecule has 0 unspecified atom stereocenters. The van der Waals surface area contributed by atoms with Gasteiger partial charge in [-0.1, -0.05) is 0 Å². The van der Waals surface area contributed by atoms with Gasteiger partial charge in [0.25, 0.3) is 0 Å². The Morgan fingerprint density at radius 1 is 1.58 bits per heavy atom. The summed E-state index contributed by atoms with van der Waals surface area (Å²) in [5.74, 6) is -1.19. The van der Waals surface area contributed by atoms with Crippen molar-refractivity contribution in [2.45, 2.75) is 0 Å². The van der Waals surface area contributed by atoms with Gasteiger partial charge in [-0.25, -0.2) is 4.98 Å². The Bertz CT molecular complexity index is 433. The maximum atomic E-state index is 10.5. The molecule has 0 saturated heterocycles. The van der Waals surface area contributed by atoms with Crippen molar-refractivity contribution in [2.24, 2.45) is 0 Å². The van der Waals surface area contributed by atoms with E-state index < -0.39 is 5.97 Å². The average Bonchev–Trinajstić information content (AvgIpc) is 2.47. The van der Waals surface area contributed by atoms with Gasteiger partial charge in [0, 0.05) is 23.3 Å². The first-order valence-corrected chi connectivity index (χ1v) is 3.42. The number of aromatic carboxylic acids is 1. The van der Waals surface area contributed by atoms with Gasteiger partial charge < -0.3 is 14.9 Å². The number of fused-ring (bicyclic) bond motifs is 1. The fourth-order valence-corrected chi connectivity index (χ4v) is 1.12. The molecule has 60 valence electrons. The van der Waals surface area contributed by atoms with Crippen molar-refractivity contribution in [3.63, 3.8) is 0 Å². The molecule has 2 aromatic rings. The Morgan fingerprint density at radius 2 is 2.42 bits per heavy atom. The van der Waals surface area contributed by atoms with Gasteiger partial charge in [-0.05, 0) is 12.1 Å². The van der Waals surface area contributed by atoms with Crippen LogP contribution >= 0.6 is 0 Å². The molecule has 2 heterocycles. The Morgan fingerprint density at radius 3 is 3.17 bits per heavy atom. The van der Waals surface area contributed by atoms with Crippen LogP contribution in [0.3, 0.4) is 0 Å². The Kier molecular flexibility index (Phi) is 1.33. The third-order valence-electron chi connectivity index (χ3n) is 1.67. The molecule has 0 fully saturated rings. The Balaban J connectivity index is 2.79. The molecule has 0 aliphatic heterocycles. The third kappa shape index (κ3) is 0.852. The van der Waals surface area contributed by atoms with Crippen molar-refractivity contribution in [2.75, 3.05) is 0 Å². The maximum Gasteiger partial charge on any atom is 0.137 e. The number of aromatic amines is 1. The highest BCUT2D eigenvalue weighted by molar-refractivity contribution is 6.00. The summed E-state index contributed by atoms with van der Waals surface area (Å²) in [6.07, 6.45) is 2.98. The van der Waals surface area contributed by atoms with E-state index >= 15 is 0 Å². The van der Waals surface area contributed by atoms with Crippen molar-refractivity contribution in [3.8, 4) is 0 Å². The second-order valence-corrected chi connectivity index (χ2v) is 2.39. The highest BCUT2D eigenvalue weighted by atomic mass is 16.4. The molecular formula is C8H5N2O2-. The number of pyridine rings is 1. The van der Waals surface area contributed by atoms with Crippen molar-refractivity contribution < 1.29 is 9.90 Å². The lowest BCUT2D eigenvalue weighted by atomic mass is 10.2. The molecule has 0 bridgehead atoms. The van der Waals surface area contributed by atoms with Gasteiger partial charge in [-0.3, -0.25) is 0 Å². The van der Waals surface area contributed by atoms with Crippen LogP contribution in [-0.4, -0.2) is 15.9 Å². The van der Waals surface area contributed by atoms with Crippen molar-refractivity contribution in [1.29, 1.82) is 0 Å². The van der Waals surface area contributed by atoms with Crippen LogP contribution in [0.1, 0.15) is 10.4 Å². The SMILES string of the molecule is O=C([O-])c1c[nH]c2ncccc12. The molecule has 0 radical (unpaired) electrons. The summed E-state index contributed by atoms with van der Waals surface area (Å²) >= 11 is 0. The zero-order chi connectivity index (χ0) is 8.55. The van der Waals surface area contributed by atoms with Crippen LogP contribution in [0.5, 0.6) is 0 Å². The minimum atomic E-state index is -1.19. The minimum absolute atomic E-state index is 0.151. The highest BCUT2D eigenvalue weighted by Gasteiger charge is 2.02. The number of hydrogen-bond acceptors (Lipinski definition) is 3. The van der Waals surface area contributed by atoms with E-state index in [2.05, 4.69) is 9.97 Å². The zero-order valence-electron chi connectivity index (χ0n) is 6.07. The fourth-order valence-electron chi connectivity index (χ4n) is 1.12. The average molecular weight is 161 g/mol. The van der Waals surface area contributed by atoms with Crippen LogP contribution in [0.4, 0.5) is 0 Å².